The minimum atomic E-state index is 0.233. The second kappa shape index (κ2) is 5.09. The van der Waals surface area contributed by atoms with Gasteiger partial charge in [-0.2, -0.15) is 0 Å². The third-order valence-corrected chi connectivity index (χ3v) is 3.34. The lowest BCUT2D eigenvalue weighted by atomic mass is 9.87. The summed E-state index contributed by atoms with van der Waals surface area (Å²) in [6, 6.07) is 9.40. The summed E-state index contributed by atoms with van der Waals surface area (Å²) in [6.45, 7) is 8.51. The maximum atomic E-state index is 5.36. The zero-order valence-electron chi connectivity index (χ0n) is 11.1. The van der Waals surface area contributed by atoms with Gasteiger partial charge in [-0.05, 0) is 36.0 Å². The molecule has 1 aromatic carbocycles. The number of ether oxygens (including phenoxy) is 1. The SMILES string of the molecule is CC(C)(C)c1ccc(NC2CCOCC2)cc1. The molecule has 0 spiro atoms. The monoisotopic (exact) mass is 233 g/mol. The largest absolute Gasteiger partial charge is 0.382 e. The Morgan fingerprint density at radius 3 is 2.18 bits per heavy atom. The van der Waals surface area contributed by atoms with Crippen LogP contribution < -0.4 is 5.32 Å². The van der Waals surface area contributed by atoms with Gasteiger partial charge < -0.3 is 10.1 Å². The highest BCUT2D eigenvalue weighted by molar-refractivity contribution is 5.46. The molecule has 0 aliphatic carbocycles. The van der Waals surface area contributed by atoms with Gasteiger partial charge in [0.2, 0.25) is 0 Å². The van der Waals surface area contributed by atoms with Crippen LogP contribution in [0.15, 0.2) is 24.3 Å². The Balaban J connectivity index is 1.98. The molecule has 1 saturated heterocycles. The van der Waals surface area contributed by atoms with Crippen molar-refractivity contribution in [1.29, 1.82) is 0 Å². The van der Waals surface area contributed by atoms with Crippen molar-refractivity contribution in [2.45, 2.75) is 45.1 Å². The normalized spacial score (nSPS) is 18.1. The van der Waals surface area contributed by atoms with E-state index in [1.165, 1.54) is 11.3 Å². The van der Waals surface area contributed by atoms with E-state index in [0.717, 1.165) is 26.1 Å². The van der Waals surface area contributed by atoms with E-state index in [4.69, 9.17) is 4.74 Å². The molecule has 1 aliphatic heterocycles. The number of hydrogen-bond donors (Lipinski definition) is 1. The van der Waals surface area contributed by atoms with Crippen LogP contribution in [0.1, 0.15) is 39.2 Å². The van der Waals surface area contributed by atoms with E-state index in [1.54, 1.807) is 0 Å². The summed E-state index contributed by atoms with van der Waals surface area (Å²) in [5.41, 5.74) is 2.84. The van der Waals surface area contributed by atoms with Gasteiger partial charge >= 0.3 is 0 Å². The molecular weight excluding hydrogens is 210 g/mol. The molecule has 1 fully saturated rings. The van der Waals surface area contributed by atoms with Crippen LogP contribution >= 0.6 is 0 Å². The van der Waals surface area contributed by atoms with Crippen LogP contribution in [0.2, 0.25) is 0 Å². The Kier molecular flexibility index (Phi) is 3.72. The summed E-state index contributed by atoms with van der Waals surface area (Å²) in [5.74, 6) is 0. The van der Waals surface area contributed by atoms with E-state index < -0.39 is 0 Å². The highest BCUT2D eigenvalue weighted by Crippen LogP contribution is 2.24. The smallest absolute Gasteiger partial charge is 0.0485 e. The van der Waals surface area contributed by atoms with E-state index in [9.17, 15) is 0 Å². The lowest BCUT2D eigenvalue weighted by Gasteiger charge is -2.25. The molecule has 1 heterocycles. The third-order valence-electron chi connectivity index (χ3n) is 3.34. The fourth-order valence-electron chi connectivity index (χ4n) is 2.14. The van der Waals surface area contributed by atoms with E-state index in [-0.39, 0.29) is 5.41 Å². The molecule has 0 radical (unpaired) electrons. The molecule has 0 saturated carbocycles. The minimum Gasteiger partial charge on any atom is -0.382 e. The first-order valence-electron chi connectivity index (χ1n) is 6.50. The quantitative estimate of drug-likeness (QED) is 0.843. The van der Waals surface area contributed by atoms with Crippen LogP contribution in [0.3, 0.4) is 0 Å². The number of rotatable bonds is 2. The predicted octanol–water partition coefficient (Wildman–Crippen LogP) is 3.58. The average molecular weight is 233 g/mol. The van der Waals surface area contributed by atoms with Crippen molar-refractivity contribution in [3.8, 4) is 0 Å². The molecule has 1 aromatic rings. The molecule has 1 aliphatic rings. The molecule has 0 atom stereocenters. The van der Waals surface area contributed by atoms with Crippen molar-refractivity contribution in [2.24, 2.45) is 0 Å². The maximum absolute atomic E-state index is 5.36. The van der Waals surface area contributed by atoms with Crippen LogP contribution in [0.5, 0.6) is 0 Å². The van der Waals surface area contributed by atoms with Crippen molar-refractivity contribution in [1.82, 2.24) is 0 Å². The highest BCUT2D eigenvalue weighted by atomic mass is 16.5. The molecular formula is C15H23NO. The van der Waals surface area contributed by atoms with E-state index in [2.05, 4.69) is 50.4 Å². The summed E-state index contributed by atoms with van der Waals surface area (Å²) in [4.78, 5) is 0. The second-order valence-corrected chi connectivity index (χ2v) is 5.86. The number of hydrogen-bond acceptors (Lipinski definition) is 2. The van der Waals surface area contributed by atoms with E-state index in [0.29, 0.717) is 6.04 Å². The zero-order valence-corrected chi connectivity index (χ0v) is 11.1. The molecule has 17 heavy (non-hydrogen) atoms. The van der Waals surface area contributed by atoms with Gasteiger partial charge in [0.25, 0.3) is 0 Å². The van der Waals surface area contributed by atoms with Crippen LogP contribution in [0, 0.1) is 0 Å². The fourth-order valence-corrected chi connectivity index (χ4v) is 2.14. The molecule has 0 aromatic heterocycles. The Bertz CT molecular complexity index is 344. The standard InChI is InChI=1S/C15H23NO/c1-15(2,3)12-4-6-13(7-5-12)16-14-8-10-17-11-9-14/h4-7,14,16H,8-11H2,1-3H3. The van der Waals surface area contributed by atoms with Crippen molar-refractivity contribution in [2.75, 3.05) is 18.5 Å². The van der Waals surface area contributed by atoms with Gasteiger partial charge in [0.15, 0.2) is 0 Å². The lowest BCUT2D eigenvalue weighted by molar-refractivity contribution is 0.0904. The molecule has 1 N–H and O–H groups in total. The minimum absolute atomic E-state index is 0.233. The first-order chi connectivity index (χ1) is 8.05. The summed E-state index contributed by atoms with van der Waals surface area (Å²) >= 11 is 0. The molecule has 0 amide bonds. The fraction of sp³-hybridized carbons (Fsp3) is 0.600. The van der Waals surface area contributed by atoms with Crippen LogP contribution in [0.4, 0.5) is 5.69 Å². The lowest BCUT2D eigenvalue weighted by Crippen LogP contribution is -2.27. The highest BCUT2D eigenvalue weighted by Gasteiger charge is 2.15. The molecule has 2 nitrogen and oxygen atoms in total. The summed E-state index contributed by atoms with van der Waals surface area (Å²) in [7, 11) is 0. The van der Waals surface area contributed by atoms with Gasteiger partial charge in [-0.25, -0.2) is 0 Å². The van der Waals surface area contributed by atoms with Gasteiger partial charge in [0.05, 0.1) is 0 Å². The van der Waals surface area contributed by atoms with Gasteiger partial charge in [-0.15, -0.1) is 0 Å². The molecule has 94 valence electrons. The first kappa shape index (κ1) is 12.4. The van der Waals surface area contributed by atoms with Crippen LogP contribution in [-0.4, -0.2) is 19.3 Å². The summed E-state index contributed by atoms with van der Waals surface area (Å²) < 4.78 is 5.36. The zero-order chi connectivity index (χ0) is 12.3. The Morgan fingerprint density at radius 1 is 1.06 bits per heavy atom. The summed E-state index contributed by atoms with van der Waals surface area (Å²) in [5, 5.41) is 3.58. The van der Waals surface area contributed by atoms with Gasteiger partial charge in [-0.3, -0.25) is 0 Å². The molecule has 0 unspecified atom stereocenters. The van der Waals surface area contributed by atoms with Crippen molar-refractivity contribution in [3.63, 3.8) is 0 Å². The van der Waals surface area contributed by atoms with Crippen molar-refractivity contribution < 1.29 is 4.74 Å². The first-order valence-corrected chi connectivity index (χ1v) is 6.50. The Morgan fingerprint density at radius 2 is 1.65 bits per heavy atom. The van der Waals surface area contributed by atoms with Gasteiger partial charge in [0, 0.05) is 24.9 Å². The van der Waals surface area contributed by atoms with Crippen molar-refractivity contribution >= 4 is 5.69 Å². The van der Waals surface area contributed by atoms with E-state index >= 15 is 0 Å². The molecule has 0 bridgehead atoms. The van der Waals surface area contributed by atoms with Crippen LogP contribution in [0.25, 0.3) is 0 Å². The number of benzene rings is 1. The topological polar surface area (TPSA) is 21.3 Å². The Labute approximate surface area is 104 Å². The maximum Gasteiger partial charge on any atom is 0.0485 e. The van der Waals surface area contributed by atoms with Crippen molar-refractivity contribution in [3.05, 3.63) is 29.8 Å². The van der Waals surface area contributed by atoms with Gasteiger partial charge in [0.1, 0.15) is 0 Å². The van der Waals surface area contributed by atoms with Gasteiger partial charge in [-0.1, -0.05) is 32.9 Å². The van der Waals surface area contributed by atoms with E-state index in [1.807, 2.05) is 0 Å². The summed E-state index contributed by atoms with van der Waals surface area (Å²) in [6.07, 6.45) is 2.22. The number of anilines is 1. The number of nitrogens with one attached hydrogen (secondary N) is 1. The molecule has 2 rings (SSSR count). The predicted molar refractivity (Wildman–Crippen MR) is 72.6 cm³/mol. The Hall–Kier alpha value is -1.02. The second-order valence-electron chi connectivity index (χ2n) is 5.86. The van der Waals surface area contributed by atoms with Crippen LogP contribution in [-0.2, 0) is 10.2 Å². The average Bonchev–Trinajstić information content (AvgIpc) is 2.30. The molecule has 2 heteroatoms. The third kappa shape index (κ3) is 3.47.